The lowest BCUT2D eigenvalue weighted by Gasteiger charge is -2.08. The number of hydrogen-bond acceptors (Lipinski definition) is 5. The van der Waals surface area contributed by atoms with Gasteiger partial charge in [0, 0.05) is 5.56 Å². The fourth-order valence-electron chi connectivity index (χ4n) is 1.58. The summed E-state index contributed by atoms with van der Waals surface area (Å²) in [6, 6.07) is 7.04. The van der Waals surface area contributed by atoms with E-state index in [1.54, 1.807) is 24.3 Å². The fourth-order valence-corrected chi connectivity index (χ4v) is 1.58. The molecule has 0 aliphatic rings. The first-order chi connectivity index (χ1) is 10.7. The Bertz CT molecular complexity index is 461. The Hall–Kier alpha value is -1.87. The van der Waals surface area contributed by atoms with E-state index in [4.69, 9.17) is 25.4 Å². The second kappa shape index (κ2) is 11.8. The molecule has 0 aliphatic carbocycles. The van der Waals surface area contributed by atoms with Crippen molar-refractivity contribution in [1.82, 2.24) is 0 Å². The summed E-state index contributed by atoms with van der Waals surface area (Å²) in [6.45, 7) is 4.77. The second-order valence-corrected chi connectivity index (χ2v) is 4.41. The topological polar surface area (TPSA) is 54.0 Å². The van der Waals surface area contributed by atoms with E-state index in [1.807, 2.05) is 0 Å². The number of terminal acetylenes is 1. The van der Waals surface area contributed by atoms with Gasteiger partial charge in [-0.15, -0.1) is 6.42 Å². The largest absolute Gasteiger partial charge is 0.491 e. The Morgan fingerprint density at radius 2 is 1.50 bits per heavy atom. The van der Waals surface area contributed by atoms with E-state index >= 15 is 0 Å². The van der Waals surface area contributed by atoms with Crippen molar-refractivity contribution in [2.75, 3.05) is 46.2 Å². The predicted molar refractivity (Wildman–Crippen MR) is 83.2 cm³/mol. The van der Waals surface area contributed by atoms with Crippen LogP contribution in [0.15, 0.2) is 24.3 Å². The first-order valence-electron chi connectivity index (χ1n) is 7.14. The number of carbonyl (C=O) groups is 1. The van der Waals surface area contributed by atoms with E-state index in [0.717, 1.165) is 5.75 Å². The molecule has 0 aromatic heterocycles. The SMILES string of the molecule is C#CCOCCOCCOCCOc1ccc(C(C)=O)cc1. The molecule has 1 aromatic carbocycles. The van der Waals surface area contributed by atoms with Crippen molar-refractivity contribution in [1.29, 1.82) is 0 Å². The highest BCUT2D eigenvalue weighted by atomic mass is 16.6. The Morgan fingerprint density at radius 1 is 0.955 bits per heavy atom. The minimum absolute atomic E-state index is 0.0413. The summed E-state index contributed by atoms with van der Waals surface area (Å²) in [6.07, 6.45) is 5.04. The van der Waals surface area contributed by atoms with Crippen LogP contribution in [0.1, 0.15) is 17.3 Å². The smallest absolute Gasteiger partial charge is 0.159 e. The Morgan fingerprint density at radius 3 is 2.05 bits per heavy atom. The second-order valence-electron chi connectivity index (χ2n) is 4.41. The summed E-state index contributed by atoms with van der Waals surface area (Å²) >= 11 is 0. The van der Waals surface area contributed by atoms with Crippen LogP contribution in [0.4, 0.5) is 0 Å². The third kappa shape index (κ3) is 8.42. The summed E-state index contributed by atoms with van der Waals surface area (Å²) < 4.78 is 21.2. The average molecular weight is 306 g/mol. The van der Waals surface area contributed by atoms with Gasteiger partial charge in [0.15, 0.2) is 5.78 Å². The lowest BCUT2D eigenvalue weighted by atomic mass is 10.1. The van der Waals surface area contributed by atoms with E-state index in [0.29, 0.717) is 51.8 Å². The lowest BCUT2D eigenvalue weighted by molar-refractivity contribution is 0.0142. The third-order valence-corrected chi connectivity index (χ3v) is 2.69. The van der Waals surface area contributed by atoms with Gasteiger partial charge in [-0.3, -0.25) is 4.79 Å². The molecule has 0 saturated carbocycles. The summed E-state index contributed by atoms with van der Waals surface area (Å²) in [5, 5.41) is 0. The molecule has 0 bridgehead atoms. The number of ketones is 1. The highest BCUT2D eigenvalue weighted by molar-refractivity contribution is 5.94. The standard InChI is InChI=1S/C17H22O5/c1-3-8-19-9-10-20-11-12-21-13-14-22-17-6-4-16(5-7-17)15(2)18/h1,4-7H,8-14H2,2H3. The van der Waals surface area contributed by atoms with Crippen LogP contribution in [0.5, 0.6) is 5.75 Å². The van der Waals surface area contributed by atoms with Gasteiger partial charge in [-0.25, -0.2) is 0 Å². The van der Waals surface area contributed by atoms with Crippen LogP contribution in [-0.4, -0.2) is 52.0 Å². The molecule has 0 aliphatic heterocycles. The highest BCUT2D eigenvalue weighted by Gasteiger charge is 1.99. The van der Waals surface area contributed by atoms with Gasteiger partial charge in [-0.1, -0.05) is 5.92 Å². The van der Waals surface area contributed by atoms with Crippen LogP contribution in [0.2, 0.25) is 0 Å². The minimum Gasteiger partial charge on any atom is -0.491 e. The number of benzene rings is 1. The van der Waals surface area contributed by atoms with E-state index < -0.39 is 0 Å². The quantitative estimate of drug-likeness (QED) is 0.336. The molecule has 0 atom stereocenters. The Balaban J connectivity index is 1.95. The molecule has 0 fully saturated rings. The molecule has 0 amide bonds. The van der Waals surface area contributed by atoms with Gasteiger partial charge >= 0.3 is 0 Å². The van der Waals surface area contributed by atoms with Crippen LogP contribution >= 0.6 is 0 Å². The molecule has 1 rings (SSSR count). The van der Waals surface area contributed by atoms with Gasteiger partial charge < -0.3 is 18.9 Å². The molecule has 0 heterocycles. The van der Waals surface area contributed by atoms with Crippen LogP contribution in [0.25, 0.3) is 0 Å². The maximum atomic E-state index is 11.1. The zero-order valence-corrected chi connectivity index (χ0v) is 12.9. The summed E-state index contributed by atoms with van der Waals surface area (Å²) in [5.74, 6) is 3.14. The molecule has 0 spiro atoms. The maximum absolute atomic E-state index is 11.1. The summed E-state index contributed by atoms with van der Waals surface area (Å²) in [5.41, 5.74) is 0.673. The third-order valence-electron chi connectivity index (χ3n) is 2.69. The molecule has 1 aromatic rings. The number of carbonyl (C=O) groups excluding carboxylic acids is 1. The van der Waals surface area contributed by atoms with Crippen molar-refractivity contribution < 1.29 is 23.7 Å². The molecule has 22 heavy (non-hydrogen) atoms. The molecular formula is C17H22O5. The fraction of sp³-hybridized carbons (Fsp3) is 0.471. The van der Waals surface area contributed by atoms with Crippen molar-refractivity contribution in [2.24, 2.45) is 0 Å². The van der Waals surface area contributed by atoms with Gasteiger partial charge in [0.1, 0.15) is 19.0 Å². The van der Waals surface area contributed by atoms with E-state index in [2.05, 4.69) is 5.92 Å². The van der Waals surface area contributed by atoms with Gasteiger partial charge in [0.25, 0.3) is 0 Å². The molecule has 5 nitrogen and oxygen atoms in total. The first kappa shape index (κ1) is 18.2. The number of ether oxygens (including phenoxy) is 4. The van der Waals surface area contributed by atoms with Crippen molar-refractivity contribution in [3.05, 3.63) is 29.8 Å². The molecule has 120 valence electrons. The molecule has 0 unspecified atom stereocenters. The van der Waals surface area contributed by atoms with Crippen molar-refractivity contribution in [3.63, 3.8) is 0 Å². The minimum atomic E-state index is 0.0413. The molecule has 5 heteroatoms. The Kier molecular flexibility index (Phi) is 9.71. The number of Topliss-reactive ketones (excluding diaryl/α,β-unsaturated/α-hetero) is 1. The highest BCUT2D eigenvalue weighted by Crippen LogP contribution is 2.12. The van der Waals surface area contributed by atoms with Crippen LogP contribution < -0.4 is 4.74 Å². The number of rotatable bonds is 12. The Labute approximate surface area is 131 Å². The van der Waals surface area contributed by atoms with Crippen LogP contribution in [0.3, 0.4) is 0 Å². The monoisotopic (exact) mass is 306 g/mol. The van der Waals surface area contributed by atoms with Crippen molar-refractivity contribution in [3.8, 4) is 18.1 Å². The molecule has 0 N–H and O–H groups in total. The van der Waals surface area contributed by atoms with Gasteiger partial charge in [0.05, 0.1) is 33.0 Å². The van der Waals surface area contributed by atoms with Crippen LogP contribution in [-0.2, 0) is 14.2 Å². The zero-order valence-electron chi connectivity index (χ0n) is 12.9. The maximum Gasteiger partial charge on any atom is 0.159 e. The van der Waals surface area contributed by atoms with E-state index in [9.17, 15) is 4.79 Å². The average Bonchev–Trinajstić information content (AvgIpc) is 2.53. The number of hydrogen-bond donors (Lipinski definition) is 0. The van der Waals surface area contributed by atoms with E-state index in [-0.39, 0.29) is 5.78 Å². The summed E-state index contributed by atoms with van der Waals surface area (Å²) in [7, 11) is 0. The van der Waals surface area contributed by atoms with Crippen LogP contribution in [0, 0.1) is 12.3 Å². The predicted octanol–water partition coefficient (Wildman–Crippen LogP) is 1.95. The van der Waals surface area contributed by atoms with Gasteiger partial charge in [-0.2, -0.15) is 0 Å². The van der Waals surface area contributed by atoms with E-state index in [1.165, 1.54) is 6.92 Å². The van der Waals surface area contributed by atoms with Gasteiger partial charge in [0.2, 0.25) is 0 Å². The van der Waals surface area contributed by atoms with Gasteiger partial charge in [-0.05, 0) is 31.2 Å². The molecule has 0 saturated heterocycles. The molecular weight excluding hydrogens is 284 g/mol. The lowest BCUT2D eigenvalue weighted by Crippen LogP contribution is -2.12. The summed E-state index contributed by atoms with van der Waals surface area (Å²) in [4.78, 5) is 11.1. The first-order valence-corrected chi connectivity index (χ1v) is 7.14. The normalized spacial score (nSPS) is 10.2. The zero-order chi connectivity index (χ0) is 16.0. The van der Waals surface area contributed by atoms with Crippen molar-refractivity contribution in [2.45, 2.75) is 6.92 Å². The van der Waals surface area contributed by atoms with Crippen molar-refractivity contribution >= 4 is 5.78 Å². The molecule has 0 radical (unpaired) electrons.